The second kappa shape index (κ2) is 11.5. The molecule has 2 aliphatic heterocycles. The standard InChI is InChI=1S/C25H32F3N3O6/c1-15(37-16(2)32)20(22(34)36-3)30-23(35)24(14-17-7-9-18(10-8-17)25(26,27)28)11-5-13-31(24)21(33)19-6-4-12-29-19/h7-10,15,19-20,29H,4-6,11-14H2,1-3H3,(H,30,35)/t15-,19+,20+,24?/m1/s1. The number of benzene rings is 1. The Morgan fingerprint density at radius 3 is 2.41 bits per heavy atom. The average molecular weight is 528 g/mol. The molecule has 2 fully saturated rings. The zero-order chi connectivity index (χ0) is 27.4. The van der Waals surface area contributed by atoms with Gasteiger partial charge in [0.15, 0.2) is 6.04 Å². The molecular weight excluding hydrogens is 495 g/mol. The Bertz CT molecular complexity index is 1010. The Kier molecular flexibility index (Phi) is 8.83. The number of amides is 2. The Hall–Kier alpha value is -3.15. The van der Waals surface area contributed by atoms with E-state index in [1.54, 1.807) is 0 Å². The van der Waals surface area contributed by atoms with Crippen molar-refractivity contribution in [2.24, 2.45) is 0 Å². The molecule has 0 spiro atoms. The second-order valence-corrected chi connectivity index (χ2v) is 9.43. The van der Waals surface area contributed by atoms with Crippen molar-refractivity contribution in [3.05, 3.63) is 35.4 Å². The fourth-order valence-corrected chi connectivity index (χ4v) is 5.03. The van der Waals surface area contributed by atoms with Crippen LogP contribution in [0.3, 0.4) is 0 Å². The minimum atomic E-state index is -4.52. The van der Waals surface area contributed by atoms with Crippen molar-refractivity contribution in [3.8, 4) is 0 Å². The molecule has 0 radical (unpaired) electrons. The van der Waals surface area contributed by atoms with Gasteiger partial charge in [0.05, 0.1) is 18.7 Å². The number of carbonyl (C=O) groups excluding carboxylic acids is 4. The molecule has 1 aromatic carbocycles. The third kappa shape index (κ3) is 6.41. The van der Waals surface area contributed by atoms with Gasteiger partial charge in [0.25, 0.3) is 0 Å². The zero-order valence-electron chi connectivity index (χ0n) is 21.0. The van der Waals surface area contributed by atoms with Gasteiger partial charge in [-0.05, 0) is 56.8 Å². The molecule has 1 aromatic rings. The first kappa shape index (κ1) is 28.4. The van der Waals surface area contributed by atoms with Gasteiger partial charge in [0.2, 0.25) is 11.8 Å². The van der Waals surface area contributed by atoms with Gasteiger partial charge in [-0.2, -0.15) is 13.2 Å². The zero-order valence-corrected chi connectivity index (χ0v) is 21.0. The van der Waals surface area contributed by atoms with Gasteiger partial charge >= 0.3 is 18.1 Å². The summed E-state index contributed by atoms with van der Waals surface area (Å²) in [5, 5.41) is 5.73. The molecule has 9 nitrogen and oxygen atoms in total. The minimum absolute atomic E-state index is 0.0642. The van der Waals surface area contributed by atoms with Gasteiger partial charge in [-0.1, -0.05) is 12.1 Å². The highest BCUT2D eigenvalue weighted by Crippen LogP contribution is 2.36. The van der Waals surface area contributed by atoms with E-state index in [0.29, 0.717) is 24.9 Å². The van der Waals surface area contributed by atoms with Crippen LogP contribution in [0, 0.1) is 0 Å². The van der Waals surface area contributed by atoms with Crippen molar-refractivity contribution in [1.29, 1.82) is 0 Å². The number of methoxy groups -OCH3 is 1. The molecule has 0 bridgehead atoms. The number of rotatable bonds is 8. The second-order valence-electron chi connectivity index (χ2n) is 9.43. The van der Waals surface area contributed by atoms with Crippen molar-refractivity contribution < 1.29 is 41.8 Å². The predicted molar refractivity (Wildman–Crippen MR) is 125 cm³/mol. The Balaban J connectivity index is 1.97. The summed E-state index contributed by atoms with van der Waals surface area (Å²) in [7, 11) is 1.12. The van der Waals surface area contributed by atoms with Crippen molar-refractivity contribution in [3.63, 3.8) is 0 Å². The van der Waals surface area contributed by atoms with Gasteiger partial charge in [-0.25, -0.2) is 4.79 Å². The molecule has 0 aromatic heterocycles. The van der Waals surface area contributed by atoms with E-state index in [4.69, 9.17) is 9.47 Å². The van der Waals surface area contributed by atoms with E-state index in [1.165, 1.54) is 24.0 Å². The maximum Gasteiger partial charge on any atom is 0.416 e. The van der Waals surface area contributed by atoms with Crippen LogP contribution in [0.1, 0.15) is 50.7 Å². The van der Waals surface area contributed by atoms with E-state index in [1.807, 2.05) is 0 Å². The molecular formula is C25H32F3N3O6. The monoisotopic (exact) mass is 527 g/mol. The predicted octanol–water partition coefficient (Wildman–Crippen LogP) is 1.97. The molecule has 3 rings (SSSR count). The molecule has 2 amide bonds. The van der Waals surface area contributed by atoms with Crippen molar-refractivity contribution in [2.75, 3.05) is 20.2 Å². The molecule has 0 saturated carbocycles. The highest BCUT2D eigenvalue weighted by molar-refractivity contribution is 5.96. The minimum Gasteiger partial charge on any atom is -0.467 e. The maximum atomic E-state index is 13.9. The van der Waals surface area contributed by atoms with Crippen LogP contribution in [0.15, 0.2) is 24.3 Å². The van der Waals surface area contributed by atoms with Crippen LogP contribution in [-0.4, -0.2) is 72.6 Å². The third-order valence-corrected chi connectivity index (χ3v) is 6.88. The lowest BCUT2D eigenvalue weighted by atomic mass is 9.85. The van der Waals surface area contributed by atoms with Gasteiger partial charge < -0.3 is 25.0 Å². The molecule has 12 heteroatoms. The summed E-state index contributed by atoms with van der Waals surface area (Å²) >= 11 is 0. The first-order valence-electron chi connectivity index (χ1n) is 12.2. The topological polar surface area (TPSA) is 114 Å². The number of ether oxygens (including phenoxy) is 2. The lowest BCUT2D eigenvalue weighted by molar-refractivity contribution is -0.158. The van der Waals surface area contributed by atoms with Crippen LogP contribution in [0.25, 0.3) is 0 Å². The van der Waals surface area contributed by atoms with E-state index in [9.17, 15) is 32.3 Å². The molecule has 37 heavy (non-hydrogen) atoms. The molecule has 2 saturated heterocycles. The van der Waals surface area contributed by atoms with E-state index in [0.717, 1.165) is 32.6 Å². The van der Waals surface area contributed by atoms with Gasteiger partial charge in [-0.15, -0.1) is 0 Å². The summed E-state index contributed by atoms with van der Waals surface area (Å²) in [4.78, 5) is 52.8. The first-order chi connectivity index (χ1) is 17.4. The van der Waals surface area contributed by atoms with Crippen molar-refractivity contribution >= 4 is 23.8 Å². The Labute approximate surface area is 213 Å². The number of hydrogen-bond acceptors (Lipinski definition) is 7. The first-order valence-corrected chi connectivity index (χ1v) is 12.2. The summed E-state index contributed by atoms with van der Waals surface area (Å²) in [5.41, 5.74) is -1.88. The third-order valence-electron chi connectivity index (χ3n) is 6.88. The van der Waals surface area contributed by atoms with Gasteiger partial charge in [0, 0.05) is 19.9 Å². The van der Waals surface area contributed by atoms with Gasteiger partial charge in [0.1, 0.15) is 11.6 Å². The number of halogens is 3. The van der Waals surface area contributed by atoms with E-state index >= 15 is 0 Å². The molecule has 4 atom stereocenters. The van der Waals surface area contributed by atoms with Crippen LogP contribution >= 0.6 is 0 Å². The smallest absolute Gasteiger partial charge is 0.416 e. The number of alkyl halides is 3. The summed E-state index contributed by atoms with van der Waals surface area (Å²) in [6, 6.07) is 2.60. The fourth-order valence-electron chi connectivity index (χ4n) is 5.03. The highest BCUT2D eigenvalue weighted by atomic mass is 19.4. The van der Waals surface area contributed by atoms with E-state index < -0.39 is 53.3 Å². The lowest BCUT2D eigenvalue weighted by Crippen LogP contribution is -2.64. The molecule has 1 unspecified atom stereocenters. The Morgan fingerprint density at radius 1 is 1.19 bits per heavy atom. The number of nitrogens with one attached hydrogen (secondary N) is 2. The summed E-state index contributed by atoms with van der Waals surface area (Å²) < 4.78 is 49.1. The number of carbonyl (C=O) groups is 4. The molecule has 2 heterocycles. The van der Waals surface area contributed by atoms with Crippen LogP contribution in [0.4, 0.5) is 13.2 Å². The number of esters is 2. The quantitative estimate of drug-likeness (QED) is 0.497. The summed E-state index contributed by atoms with van der Waals surface area (Å²) in [5.74, 6) is -2.47. The fraction of sp³-hybridized carbons (Fsp3) is 0.600. The summed E-state index contributed by atoms with van der Waals surface area (Å²) in [6.07, 6.45) is -3.54. The SMILES string of the molecule is COC(=O)[C@@H](NC(=O)C1(Cc2ccc(C(F)(F)F)cc2)CCCN1C(=O)[C@@H]1CCCN1)[C@@H](C)OC(C)=O. The Morgan fingerprint density at radius 2 is 1.86 bits per heavy atom. The van der Waals surface area contributed by atoms with Crippen LogP contribution in [0.5, 0.6) is 0 Å². The number of nitrogens with zero attached hydrogens (tertiary/aromatic N) is 1. The van der Waals surface area contributed by atoms with E-state index in [2.05, 4.69) is 10.6 Å². The number of hydrogen-bond donors (Lipinski definition) is 2. The largest absolute Gasteiger partial charge is 0.467 e. The van der Waals surface area contributed by atoms with Crippen LogP contribution < -0.4 is 10.6 Å². The lowest BCUT2D eigenvalue weighted by Gasteiger charge is -2.40. The molecule has 0 aliphatic carbocycles. The molecule has 204 valence electrons. The highest BCUT2D eigenvalue weighted by Gasteiger charge is 2.52. The van der Waals surface area contributed by atoms with Crippen LogP contribution in [-0.2, 0) is 41.2 Å². The van der Waals surface area contributed by atoms with E-state index in [-0.39, 0.29) is 25.3 Å². The van der Waals surface area contributed by atoms with Crippen LogP contribution in [0.2, 0.25) is 0 Å². The number of likely N-dealkylation sites (tertiary alicyclic amines) is 1. The molecule has 2 N–H and O–H groups in total. The van der Waals surface area contributed by atoms with Crippen molar-refractivity contribution in [1.82, 2.24) is 15.5 Å². The van der Waals surface area contributed by atoms with Crippen molar-refractivity contribution in [2.45, 2.75) is 75.9 Å². The van der Waals surface area contributed by atoms with Gasteiger partial charge in [-0.3, -0.25) is 14.4 Å². The normalized spacial score (nSPS) is 23.3. The summed E-state index contributed by atoms with van der Waals surface area (Å²) in [6.45, 7) is 3.51. The molecule has 2 aliphatic rings. The maximum absolute atomic E-state index is 13.9. The average Bonchev–Trinajstić information content (AvgIpc) is 3.52.